The maximum Gasteiger partial charge on any atom is 0.270 e. The van der Waals surface area contributed by atoms with E-state index in [9.17, 15) is 19.3 Å². The third kappa shape index (κ3) is 5.12. The third-order valence-electron chi connectivity index (χ3n) is 5.25. The second-order valence-corrected chi connectivity index (χ2v) is 8.48. The molecule has 0 spiro atoms. The van der Waals surface area contributed by atoms with E-state index in [0.717, 1.165) is 23.9 Å². The molecule has 0 N–H and O–H groups in total. The maximum atomic E-state index is 14.2. The van der Waals surface area contributed by atoms with Gasteiger partial charge in [0.15, 0.2) is 0 Å². The highest BCUT2D eigenvalue weighted by Crippen LogP contribution is 2.34. The first-order chi connectivity index (χ1) is 15.5. The number of carbonyl (C=O) groups is 1. The number of halogens is 1. The fourth-order valence-electron chi connectivity index (χ4n) is 3.56. The zero-order chi connectivity index (χ0) is 22.5. The molecule has 164 valence electrons. The van der Waals surface area contributed by atoms with E-state index in [4.69, 9.17) is 0 Å². The summed E-state index contributed by atoms with van der Waals surface area (Å²) in [6.45, 7) is 3.13. The number of nitrogens with zero attached hydrogens (tertiary/aromatic N) is 4. The zero-order valence-electron chi connectivity index (χ0n) is 17.2. The van der Waals surface area contributed by atoms with Gasteiger partial charge in [-0.3, -0.25) is 24.8 Å². The Bertz CT molecular complexity index is 1120. The standard InChI is InChI=1S/C23H21FN4O3S/c24-20-5-1-2-6-22(20)32-21-8-7-18(28(30)31)14-19(21)23(29)27-12-10-26(11-13-27)16-17-4-3-9-25-15-17/h1-9,14-15H,10-13,16H2. The highest BCUT2D eigenvalue weighted by atomic mass is 32.2. The molecule has 0 bridgehead atoms. The van der Waals surface area contributed by atoms with Crippen LogP contribution in [0.25, 0.3) is 0 Å². The molecule has 1 aromatic heterocycles. The van der Waals surface area contributed by atoms with E-state index in [1.54, 1.807) is 29.3 Å². The number of non-ortho nitro benzene ring substituents is 1. The molecule has 0 radical (unpaired) electrons. The summed E-state index contributed by atoms with van der Waals surface area (Å²) in [4.78, 5) is 33.0. The Morgan fingerprint density at radius 3 is 2.53 bits per heavy atom. The van der Waals surface area contributed by atoms with Gasteiger partial charge in [0.1, 0.15) is 5.82 Å². The number of amides is 1. The molecule has 1 aliphatic heterocycles. The van der Waals surface area contributed by atoms with Crippen LogP contribution in [-0.4, -0.2) is 51.8 Å². The predicted molar refractivity (Wildman–Crippen MR) is 119 cm³/mol. The highest BCUT2D eigenvalue weighted by Gasteiger charge is 2.26. The Balaban J connectivity index is 1.51. The minimum atomic E-state index is -0.528. The topological polar surface area (TPSA) is 79.6 Å². The van der Waals surface area contributed by atoms with Gasteiger partial charge in [0.2, 0.25) is 0 Å². The van der Waals surface area contributed by atoms with Crippen LogP contribution in [0, 0.1) is 15.9 Å². The monoisotopic (exact) mass is 452 g/mol. The number of hydrogen-bond donors (Lipinski definition) is 0. The summed E-state index contributed by atoms with van der Waals surface area (Å²) < 4.78 is 14.2. The summed E-state index contributed by atoms with van der Waals surface area (Å²) in [5.74, 6) is -0.688. The third-order valence-corrected chi connectivity index (χ3v) is 6.38. The average Bonchev–Trinajstić information content (AvgIpc) is 2.81. The Hall–Kier alpha value is -3.30. The van der Waals surface area contributed by atoms with Crippen molar-refractivity contribution in [2.45, 2.75) is 16.3 Å². The molecule has 1 saturated heterocycles. The maximum absolute atomic E-state index is 14.2. The summed E-state index contributed by atoms with van der Waals surface area (Å²) in [6.07, 6.45) is 3.56. The zero-order valence-corrected chi connectivity index (χ0v) is 18.0. The fourth-order valence-corrected chi connectivity index (χ4v) is 4.50. The van der Waals surface area contributed by atoms with Crippen LogP contribution < -0.4 is 0 Å². The van der Waals surface area contributed by atoms with Crippen molar-refractivity contribution in [3.05, 3.63) is 94.0 Å². The van der Waals surface area contributed by atoms with Crippen LogP contribution in [-0.2, 0) is 6.54 Å². The lowest BCUT2D eigenvalue weighted by atomic mass is 10.1. The largest absolute Gasteiger partial charge is 0.336 e. The van der Waals surface area contributed by atoms with Gasteiger partial charge in [-0.1, -0.05) is 30.0 Å². The quantitative estimate of drug-likeness (QED) is 0.411. The number of pyridine rings is 1. The lowest BCUT2D eigenvalue weighted by molar-refractivity contribution is -0.384. The van der Waals surface area contributed by atoms with Crippen molar-refractivity contribution >= 4 is 23.4 Å². The number of hydrogen-bond acceptors (Lipinski definition) is 6. The highest BCUT2D eigenvalue weighted by molar-refractivity contribution is 7.99. The molecule has 0 aliphatic carbocycles. The van der Waals surface area contributed by atoms with Crippen LogP contribution in [0.1, 0.15) is 15.9 Å². The number of aromatic nitrogens is 1. The van der Waals surface area contributed by atoms with Crippen LogP contribution in [0.15, 0.2) is 76.8 Å². The average molecular weight is 453 g/mol. The van der Waals surface area contributed by atoms with E-state index < -0.39 is 10.7 Å². The molecule has 1 amide bonds. The van der Waals surface area contributed by atoms with Crippen molar-refractivity contribution in [2.24, 2.45) is 0 Å². The first-order valence-corrected chi connectivity index (χ1v) is 10.9. The smallest absolute Gasteiger partial charge is 0.270 e. The molecule has 2 aromatic carbocycles. The van der Waals surface area contributed by atoms with Crippen molar-refractivity contribution in [1.82, 2.24) is 14.8 Å². The fraction of sp³-hybridized carbons (Fsp3) is 0.217. The van der Waals surface area contributed by atoms with Gasteiger partial charge < -0.3 is 4.90 Å². The lowest BCUT2D eigenvalue weighted by Gasteiger charge is -2.35. The number of nitro benzene ring substituents is 1. The minimum absolute atomic E-state index is 0.165. The second-order valence-electron chi connectivity index (χ2n) is 7.40. The van der Waals surface area contributed by atoms with Crippen molar-refractivity contribution < 1.29 is 14.1 Å². The van der Waals surface area contributed by atoms with Gasteiger partial charge in [-0.05, 0) is 29.8 Å². The Morgan fingerprint density at radius 2 is 1.84 bits per heavy atom. The lowest BCUT2D eigenvalue weighted by Crippen LogP contribution is -2.48. The molecule has 1 fully saturated rings. The van der Waals surface area contributed by atoms with Crippen LogP contribution in [0.5, 0.6) is 0 Å². The first-order valence-electron chi connectivity index (χ1n) is 10.1. The number of nitro groups is 1. The number of benzene rings is 2. The number of carbonyl (C=O) groups excluding carboxylic acids is 1. The number of rotatable bonds is 6. The molecule has 7 nitrogen and oxygen atoms in total. The Labute approximate surface area is 189 Å². The van der Waals surface area contributed by atoms with Crippen molar-refractivity contribution in [2.75, 3.05) is 26.2 Å². The van der Waals surface area contributed by atoms with Crippen molar-refractivity contribution in [1.29, 1.82) is 0 Å². The molecule has 9 heteroatoms. The summed E-state index contributed by atoms with van der Waals surface area (Å²) in [7, 11) is 0. The second kappa shape index (κ2) is 9.88. The molecule has 4 rings (SSSR count). The normalized spacial score (nSPS) is 14.3. The van der Waals surface area contributed by atoms with Crippen molar-refractivity contribution in [3.63, 3.8) is 0 Å². The van der Waals surface area contributed by atoms with E-state index in [1.807, 2.05) is 18.3 Å². The van der Waals surface area contributed by atoms with Gasteiger partial charge in [-0.2, -0.15) is 0 Å². The van der Waals surface area contributed by atoms with Crippen LogP contribution in [0.2, 0.25) is 0 Å². The summed E-state index contributed by atoms with van der Waals surface area (Å²) in [6, 6.07) is 14.3. The van der Waals surface area contributed by atoms with E-state index >= 15 is 0 Å². The molecule has 0 unspecified atom stereocenters. The molecule has 32 heavy (non-hydrogen) atoms. The van der Waals surface area contributed by atoms with Gasteiger partial charge in [0.05, 0.1) is 10.5 Å². The summed E-state index contributed by atoms with van der Waals surface area (Å²) in [5, 5.41) is 11.3. The molecule has 0 atom stereocenters. The Morgan fingerprint density at radius 1 is 1.06 bits per heavy atom. The minimum Gasteiger partial charge on any atom is -0.336 e. The predicted octanol–water partition coefficient (Wildman–Crippen LogP) is 4.24. The molecular weight excluding hydrogens is 431 g/mol. The summed E-state index contributed by atoms with van der Waals surface area (Å²) in [5.41, 5.74) is 1.16. The van der Waals surface area contributed by atoms with Crippen molar-refractivity contribution in [3.8, 4) is 0 Å². The summed E-state index contributed by atoms with van der Waals surface area (Å²) >= 11 is 1.09. The molecule has 2 heterocycles. The van der Waals surface area contributed by atoms with Crippen LogP contribution >= 0.6 is 11.8 Å². The van der Waals surface area contributed by atoms with E-state index in [-0.39, 0.29) is 17.2 Å². The first kappa shape index (κ1) is 21.9. The van der Waals surface area contributed by atoms with Crippen LogP contribution in [0.3, 0.4) is 0 Å². The molecule has 3 aromatic rings. The molecule has 1 aliphatic rings. The van der Waals surface area contributed by atoms with E-state index in [0.29, 0.717) is 36.0 Å². The van der Waals surface area contributed by atoms with Crippen LogP contribution in [0.4, 0.5) is 10.1 Å². The van der Waals surface area contributed by atoms with Gasteiger partial charge >= 0.3 is 0 Å². The Kier molecular flexibility index (Phi) is 6.77. The van der Waals surface area contributed by atoms with E-state index in [2.05, 4.69) is 9.88 Å². The SMILES string of the molecule is O=C(c1cc([N+](=O)[O-])ccc1Sc1ccccc1F)N1CCN(Cc2cccnc2)CC1. The van der Waals surface area contributed by atoms with Gasteiger partial charge in [-0.15, -0.1) is 0 Å². The van der Waals surface area contributed by atoms with Gasteiger partial charge in [0.25, 0.3) is 11.6 Å². The van der Waals surface area contributed by atoms with Gasteiger partial charge in [0, 0.05) is 67.0 Å². The molecule has 0 saturated carbocycles. The van der Waals surface area contributed by atoms with Gasteiger partial charge in [-0.25, -0.2) is 4.39 Å². The number of piperazine rings is 1. The van der Waals surface area contributed by atoms with E-state index in [1.165, 1.54) is 24.3 Å². The molecular formula is C23H21FN4O3S.